The number of hydrogen-bond acceptors (Lipinski definition) is 4. The van der Waals surface area contributed by atoms with Gasteiger partial charge in [-0.1, -0.05) is 0 Å². The van der Waals surface area contributed by atoms with Gasteiger partial charge in [0.2, 0.25) is 0 Å². The molecule has 0 bridgehead atoms. The zero-order valence-corrected chi connectivity index (χ0v) is 10.5. The zero-order valence-electron chi connectivity index (χ0n) is 10.5. The molecule has 0 amide bonds. The Balaban J connectivity index is 2.41. The minimum absolute atomic E-state index is 0.0981. The van der Waals surface area contributed by atoms with E-state index in [0.717, 1.165) is 25.1 Å². The van der Waals surface area contributed by atoms with E-state index in [-0.39, 0.29) is 17.0 Å². The number of ketones is 1. The molecule has 0 spiro atoms. The molecule has 0 aliphatic heterocycles. The van der Waals surface area contributed by atoms with E-state index in [1.54, 1.807) is 12.1 Å². The lowest BCUT2D eigenvalue weighted by molar-refractivity contribution is -0.385. The van der Waals surface area contributed by atoms with E-state index in [1.807, 2.05) is 6.92 Å². The molecule has 1 saturated carbocycles. The number of hydrogen-bond donors (Lipinski definition) is 0. The molecular weight excluding hydrogens is 232 g/mol. The highest BCUT2D eigenvalue weighted by atomic mass is 16.6. The molecule has 96 valence electrons. The molecule has 2 rings (SSSR count). The van der Waals surface area contributed by atoms with Crippen LogP contribution >= 0.6 is 0 Å². The second-order valence-electron chi connectivity index (χ2n) is 4.53. The van der Waals surface area contributed by atoms with Crippen molar-refractivity contribution < 1.29 is 9.72 Å². The molecule has 0 radical (unpaired) electrons. The minimum atomic E-state index is -0.485. The second-order valence-corrected chi connectivity index (χ2v) is 4.53. The largest absolute Gasteiger partial charge is 0.369 e. The van der Waals surface area contributed by atoms with Crippen molar-refractivity contribution in [3.05, 3.63) is 33.9 Å². The Labute approximate surface area is 106 Å². The van der Waals surface area contributed by atoms with Crippen LogP contribution in [0, 0.1) is 10.1 Å². The minimum Gasteiger partial charge on any atom is -0.369 e. The van der Waals surface area contributed by atoms with Crippen molar-refractivity contribution in [3.63, 3.8) is 0 Å². The molecule has 1 aromatic rings. The summed E-state index contributed by atoms with van der Waals surface area (Å²) in [4.78, 5) is 24.0. The summed E-state index contributed by atoms with van der Waals surface area (Å²) in [5.41, 5.74) is 0.909. The first-order valence-electron chi connectivity index (χ1n) is 6.10. The van der Waals surface area contributed by atoms with Crippen molar-refractivity contribution in [1.29, 1.82) is 0 Å². The smallest absolute Gasteiger partial charge is 0.282 e. The van der Waals surface area contributed by atoms with Gasteiger partial charge in [-0.2, -0.15) is 0 Å². The van der Waals surface area contributed by atoms with Gasteiger partial charge in [-0.15, -0.1) is 0 Å². The average molecular weight is 248 g/mol. The van der Waals surface area contributed by atoms with Gasteiger partial charge in [0.05, 0.1) is 10.5 Å². The fourth-order valence-electron chi connectivity index (χ4n) is 2.19. The van der Waals surface area contributed by atoms with Crippen molar-refractivity contribution in [2.75, 3.05) is 11.4 Å². The summed E-state index contributed by atoms with van der Waals surface area (Å²) in [5, 5.41) is 11.0. The van der Waals surface area contributed by atoms with Crippen LogP contribution in [0.25, 0.3) is 0 Å². The van der Waals surface area contributed by atoms with E-state index in [0.29, 0.717) is 6.04 Å². The molecule has 0 saturated heterocycles. The normalized spacial score (nSPS) is 14.3. The molecule has 0 N–H and O–H groups in total. The standard InChI is InChI=1S/C13H16N2O3/c1-3-14(10-4-5-10)11-6-7-12(9(2)16)13(8-11)15(17)18/h6-8,10H,3-5H2,1-2H3. The molecule has 0 aromatic heterocycles. The lowest BCUT2D eigenvalue weighted by Gasteiger charge is -2.22. The van der Waals surface area contributed by atoms with Crippen LogP contribution in [-0.2, 0) is 0 Å². The first-order valence-corrected chi connectivity index (χ1v) is 6.10. The third-order valence-corrected chi connectivity index (χ3v) is 3.22. The molecule has 1 aliphatic carbocycles. The summed E-state index contributed by atoms with van der Waals surface area (Å²) in [5.74, 6) is -0.275. The highest BCUT2D eigenvalue weighted by Crippen LogP contribution is 2.34. The van der Waals surface area contributed by atoms with Crippen LogP contribution in [0.4, 0.5) is 11.4 Å². The predicted octanol–water partition coefficient (Wildman–Crippen LogP) is 2.79. The summed E-state index contributed by atoms with van der Waals surface area (Å²) in [6.45, 7) is 4.20. The van der Waals surface area contributed by atoms with Gasteiger partial charge < -0.3 is 4.90 Å². The fraction of sp³-hybridized carbons (Fsp3) is 0.462. The van der Waals surface area contributed by atoms with Gasteiger partial charge in [0.1, 0.15) is 0 Å². The molecule has 5 nitrogen and oxygen atoms in total. The first-order chi connectivity index (χ1) is 8.54. The van der Waals surface area contributed by atoms with Gasteiger partial charge in [-0.25, -0.2) is 0 Å². The van der Waals surface area contributed by atoms with E-state index in [2.05, 4.69) is 4.90 Å². The monoisotopic (exact) mass is 248 g/mol. The van der Waals surface area contributed by atoms with Gasteiger partial charge in [0.25, 0.3) is 5.69 Å². The van der Waals surface area contributed by atoms with Crippen molar-refractivity contribution >= 4 is 17.2 Å². The van der Waals surface area contributed by atoms with Crippen LogP contribution in [0.1, 0.15) is 37.0 Å². The lowest BCUT2D eigenvalue weighted by Crippen LogP contribution is -2.25. The van der Waals surface area contributed by atoms with Crippen LogP contribution in [0.15, 0.2) is 18.2 Å². The van der Waals surface area contributed by atoms with E-state index in [1.165, 1.54) is 13.0 Å². The number of nitrogens with zero attached hydrogens (tertiary/aromatic N) is 2. The Morgan fingerprint density at radius 2 is 2.17 bits per heavy atom. The number of benzene rings is 1. The summed E-state index contributed by atoms with van der Waals surface area (Å²) < 4.78 is 0. The highest BCUT2D eigenvalue weighted by Gasteiger charge is 2.29. The Hall–Kier alpha value is -1.91. The summed E-state index contributed by atoms with van der Waals surface area (Å²) in [7, 11) is 0. The Kier molecular flexibility index (Phi) is 3.32. The third kappa shape index (κ3) is 2.34. The topological polar surface area (TPSA) is 63.5 Å². The van der Waals surface area contributed by atoms with Crippen LogP contribution < -0.4 is 4.90 Å². The van der Waals surface area contributed by atoms with Gasteiger partial charge in [0, 0.05) is 24.3 Å². The Bertz CT molecular complexity index is 495. The Morgan fingerprint density at radius 1 is 1.50 bits per heavy atom. The first kappa shape index (κ1) is 12.5. The maximum Gasteiger partial charge on any atom is 0.282 e. The van der Waals surface area contributed by atoms with Crippen LogP contribution in [0.3, 0.4) is 0 Å². The van der Waals surface area contributed by atoms with Crippen LogP contribution in [-0.4, -0.2) is 23.3 Å². The number of carbonyl (C=O) groups is 1. The second kappa shape index (κ2) is 4.76. The fourth-order valence-corrected chi connectivity index (χ4v) is 2.19. The SMILES string of the molecule is CCN(c1ccc(C(C)=O)c([N+](=O)[O-])c1)C1CC1. The maximum atomic E-state index is 11.3. The van der Waals surface area contributed by atoms with Gasteiger partial charge in [0.15, 0.2) is 5.78 Å². The molecule has 18 heavy (non-hydrogen) atoms. The summed E-state index contributed by atoms with van der Waals surface area (Å²) >= 11 is 0. The summed E-state index contributed by atoms with van der Waals surface area (Å²) in [6, 6.07) is 5.36. The quantitative estimate of drug-likeness (QED) is 0.456. The average Bonchev–Trinajstić information content (AvgIpc) is 3.14. The maximum absolute atomic E-state index is 11.3. The van der Waals surface area contributed by atoms with Gasteiger partial charge in [-0.05, 0) is 38.8 Å². The molecule has 1 fully saturated rings. The molecule has 0 unspecified atom stereocenters. The van der Waals surface area contributed by atoms with Crippen molar-refractivity contribution in [2.24, 2.45) is 0 Å². The number of Topliss-reactive ketones (excluding diaryl/α,β-unsaturated/α-hetero) is 1. The van der Waals surface area contributed by atoms with Gasteiger partial charge in [-0.3, -0.25) is 14.9 Å². The molecule has 0 atom stereocenters. The number of nitro groups is 1. The third-order valence-electron chi connectivity index (χ3n) is 3.22. The lowest BCUT2D eigenvalue weighted by atomic mass is 10.1. The molecule has 1 aromatic carbocycles. The van der Waals surface area contributed by atoms with E-state index in [9.17, 15) is 14.9 Å². The van der Waals surface area contributed by atoms with Crippen molar-refractivity contribution in [1.82, 2.24) is 0 Å². The number of nitro benzene ring substituents is 1. The molecule has 1 aliphatic rings. The van der Waals surface area contributed by atoms with Crippen molar-refractivity contribution in [3.8, 4) is 0 Å². The zero-order chi connectivity index (χ0) is 13.3. The van der Waals surface area contributed by atoms with E-state index in [4.69, 9.17) is 0 Å². The molecule has 5 heteroatoms. The number of rotatable bonds is 5. The molecular formula is C13H16N2O3. The van der Waals surface area contributed by atoms with Crippen LogP contribution in [0.2, 0.25) is 0 Å². The number of carbonyl (C=O) groups excluding carboxylic acids is 1. The van der Waals surface area contributed by atoms with E-state index >= 15 is 0 Å². The Morgan fingerprint density at radius 3 is 2.61 bits per heavy atom. The number of anilines is 1. The van der Waals surface area contributed by atoms with Crippen molar-refractivity contribution in [2.45, 2.75) is 32.7 Å². The van der Waals surface area contributed by atoms with Gasteiger partial charge >= 0.3 is 0 Å². The highest BCUT2D eigenvalue weighted by molar-refractivity contribution is 5.98. The van der Waals surface area contributed by atoms with E-state index < -0.39 is 4.92 Å². The molecule has 0 heterocycles. The van der Waals surface area contributed by atoms with Crippen LogP contribution in [0.5, 0.6) is 0 Å². The summed E-state index contributed by atoms with van der Waals surface area (Å²) in [6.07, 6.45) is 2.27. The predicted molar refractivity (Wildman–Crippen MR) is 69.1 cm³/mol.